The summed E-state index contributed by atoms with van der Waals surface area (Å²) in [7, 11) is -2.49. The van der Waals surface area contributed by atoms with E-state index in [9.17, 15) is 22.8 Å². The molecule has 0 spiro atoms. The number of amides is 2. The number of hydrogen-bond acceptors (Lipinski definition) is 7. The molecule has 4 rings (SSSR count). The molecule has 1 fully saturated rings. The van der Waals surface area contributed by atoms with Crippen LogP contribution in [0.3, 0.4) is 0 Å². The Hall–Kier alpha value is -3.24. The SMILES string of the molecule is COc1ccc(C(=O)OCN2C(=O)c3ccccc3C2=O)cc1S(=O)(=O)N1CCCC1. The molecule has 0 bridgehead atoms. The fraction of sp³-hybridized carbons (Fsp3) is 0.286. The van der Waals surface area contributed by atoms with Crippen molar-refractivity contribution in [3.63, 3.8) is 0 Å². The Labute approximate surface area is 179 Å². The Morgan fingerprint density at radius 1 is 1.00 bits per heavy atom. The summed E-state index contributed by atoms with van der Waals surface area (Å²) < 4.78 is 37.6. The minimum atomic E-state index is -3.84. The molecule has 0 aromatic heterocycles. The third-order valence-corrected chi connectivity index (χ3v) is 7.20. The summed E-state index contributed by atoms with van der Waals surface area (Å²) in [4.78, 5) is 38.0. The maximum atomic E-state index is 13.0. The van der Waals surface area contributed by atoms with Gasteiger partial charge in [0.25, 0.3) is 11.8 Å². The van der Waals surface area contributed by atoms with E-state index in [0.29, 0.717) is 13.1 Å². The molecular weight excluding hydrogens is 424 g/mol. The lowest BCUT2D eigenvalue weighted by Gasteiger charge is -2.18. The smallest absolute Gasteiger partial charge is 0.339 e. The van der Waals surface area contributed by atoms with Crippen LogP contribution >= 0.6 is 0 Å². The van der Waals surface area contributed by atoms with Crippen LogP contribution in [-0.4, -0.2) is 62.3 Å². The first-order valence-corrected chi connectivity index (χ1v) is 11.1. The second-order valence-electron chi connectivity index (χ2n) is 7.12. The van der Waals surface area contributed by atoms with Gasteiger partial charge in [0, 0.05) is 13.1 Å². The largest absolute Gasteiger partial charge is 0.495 e. The number of rotatable bonds is 6. The van der Waals surface area contributed by atoms with Crippen molar-refractivity contribution in [1.29, 1.82) is 0 Å². The van der Waals surface area contributed by atoms with E-state index in [1.807, 2.05) is 0 Å². The molecule has 0 unspecified atom stereocenters. The minimum absolute atomic E-state index is 0.0322. The van der Waals surface area contributed by atoms with Gasteiger partial charge in [-0.25, -0.2) is 18.1 Å². The third-order valence-electron chi connectivity index (χ3n) is 5.29. The highest BCUT2D eigenvalue weighted by Crippen LogP contribution is 2.30. The quantitative estimate of drug-likeness (QED) is 0.494. The molecule has 31 heavy (non-hydrogen) atoms. The van der Waals surface area contributed by atoms with Crippen LogP contribution in [0.2, 0.25) is 0 Å². The van der Waals surface area contributed by atoms with Crippen molar-refractivity contribution in [2.45, 2.75) is 17.7 Å². The number of carbonyl (C=O) groups is 3. The fourth-order valence-electron chi connectivity index (χ4n) is 3.64. The number of nitrogens with zero attached hydrogens (tertiary/aromatic N) is 2. The van der Waals surface area contributed by atoms with Gasteiger partial charge in [-0.1, -0.05) is 12.1 Å². The number of ether oxygens (including phenoxy) is 2. The van der Waals surface area contributed by atoms with Crippen LogP contribution in [0, 0.1) is 0 Å². The zero-order valence-electron chi connectivity index (χ0n) is 16.7. The highest BCUT2D eigenvalue weighted by molar-refractivity contribution is 7.89. The summed E-state index contributed by atoms with van der Waals surface area (Å²) in [5, 5.41) is 0. The zero-order valence-corrected chi connectivity index (χ0v) is 17.6. The Morgan fingerprint density at radius 3 is 2.19 bits per heavy atom. The molecule has 0 N–H and O–H groups in total. The topological polar surface area (TPSA) is 110 Å². The highest BCUT2D eigenvalue weighted by atomic mass is 32.2. The monoisotopic (exact) mass is 444 g/mol. The summed E-state index contributed by atoms with van der Waals surface area (Å²) in [6, 6.07) is 10.3. The first-order chi connectivity index (χ1) is 14.8. The lowest BCUT2D eigenvalue weighted by molar-refractivity contribution is 0.0228. The average molecular weight is 444 g/mol. The molecule has 2 aromatic rings. The van der Waals surface area contributed by atoms with Crippen molar-refractivity contribution in [2.75, 3.05) is 26.9 Å². The van der Waals surface area contributed by atoms with Crippen LogP contribution < -0.4 is 4.74 Å². The van der Waals surface area contributed by atoms with Gasteiger partial charge >= 0.3 is 5.97 Å². The maximum absolute atomic E-state index is 13.0. The predicted octanol–water partition coefficient (Wildman–Crippen LogP) is 1.89. The molecule has 9 nitrogen and oxygen atoms in total. The number of carbonyl (C=O) groups excluding carboxylic acids is 3. The van der Waals surface area contributed by atoms with E-state index >= 15 is 0 Å². The van der Waals surface area contributed by atoms with Gasteiger partial charge in [-0.2, -0.15) is 4.31 Å². The second-order valence-corrected chi connectivity index (χ2v) is 9.03. The number of hydrogen-bond donors (Lipinski definition) is 0. The van der Waals surface area contributed by atoms with Crippen LogP contribution in [0.25, 0.3) is 0 Å². The average Bonchev–Trinajstić information content (AvgIpc) is 3.41. The fourth-order valence-corrected chi connectivity index (χ4v) is 5.33. The summed E-state index contributed by atoms with van der Waals surface area (Å²) >= 11 is 0. The van der Waals surface area contributed by atoms with Gasteiger partial charge in [-0.3, -0.25) is 9.59 Å². The maximum Gasteiger partial charge on any atom is 0.339 e. The molecular formula is C21H20N2O7S. The van der Waals surface area contributed by atoms with E-state index in [4.69, 9.17) is 9.47 Å². The first-order valence-electron chi connectivity index (χ1n) is 9.65. The molecule has 2 aliphatic rings. The third kappa shape index (κ3) is 3.68. The summed E-state index contributed by atoms with van der Waals surface area (Å²) in [5.41, 5.74) is 0.453. The first kappa shape index (κ1) is 21.0. The molecule has 1 saturated heterocycles. The van der Waals surface area contributed by atoms with Gasteiger partial charge in [-0.05, 0) is 43.2 Å². The van der Waals surface area contributed by atoms with Crippen LogP contribution in [0.15, 0.2) is 47.4 Å². The summed E-state index contributed by atoms with van der Waals surface area (Å²) in [6.45, 7) is 0.227. The summed E-state index contributed by atoms with van der Waals surface area (Å²) in [5.74, 6) is -1.86. The van der Waals surface area contributed by atoms with Crippen LogP contribution in [0.1, 0.15) is 43.9 Å². The molecule has 2 aromatic carbocycles. The molecule has 0 aliphatic carbocycles. The number of esters is 1. The van der Waals surface area contributed by atoms with E-state index < -0.39 is 34.5 Å². The number of fused-ring (bicyclic) bond motifs is 1. The lowest BCUT2D eigenvalue weighted by Crippen LogP contribution is -2.33. The van der Waals surface area contributed by atoms with Crippen molar-refractivity contribution in [3.05, 3.63) is 59.2 Å². The Balaban J connectivity index is 1.53. The molecule has 2 heterocycles. The number of methoxy groups -OCH3 is 1. The lowest BCUT2D eigenvalue weighted by atomic mass is 10.1. The van der Waals surface area contributed by atoms with E-state index in [2.05, 4.69) is 0 Å². The van der Waals surface area contributed by atoms with E-state index in [1.54, 1.807) is 12.1 Å². The van der Waals surface area contributed by atoms with Gasteiger partial charge in [0.1, 0.15) is 10.6 Å². The van der Waals surface area contributed by atoms with Crippen LogP contribution in [0.4, 0.5) is 0 Å². The van der Waals surface area contributed by atoms with Crippen molar-refractivity contribution in [1.82, 2.24) is 9.21 Å². The molecule has 0 radical (unpaired) electrons. The molecule has 162 valence electrons. The predicted molar refractivity (Wildman–Crippen MR) is 108 cm³/mol. The molecule has 0 saturated carbocycles. The molecule has 2 amide bonds. The Morgan fingerprint density at radius 2 is 1.61 bits per heavy atom. The second kappa shape index (κ2) is 8.12. The van der Waals surface area contributed by atoms with E-state index in [1.165, 1.54) is 41.7 Å². The molecule has 10 heteroatoms. The Bertz CT molecular complexity index is 1140. The van der Waals surface area contributed by atoms with Crippen LogP contribution in [0.5, 0.6) is 5.75 Å². The minimum Gasteiger partial charge on any atom is -0.495 e. The van der Waals surface area contributed by atoms with Gasteiger partial charge in [0.2, 0.25) is 10.0 Å². The summed E-state index contributed by atoms with van der Waals surface area (Å²) in [6.07, 6.45) is 1.53. The van der Waals surface area contributed by atoms with E-state index in [-0.39, 0.29) is 27.3 Å². The van der Waals surface area contributed by atoms with Crippen LogP contribution in [-0.2, 0) is 14.8 Å². The van der Waals surface area contributed by atoms with Crippen molar-refractivity contribution in [3.8, 4) is 5.75 Å². The Kier molecular flexibility index (Phi) is 5.50. The van der Waals surface area contributed by atoms with Crippen molar-refractivity contribution >= 4 is 27.8 Å². The van der Waals surface area contributed by atoms with Crippen molar-refractivity contribution < 1.29 is 32.3 Å². The molecule has 0 atom stereocenters. The van der Waals surface area contributed by atoms with Gasteiger partial charge < -0.3 is 9.47 Å². The molecule has 2 aliphatic heterocycles. The number of sulfonamides is 1. The number of imide groups is 1. The standard InChI is InChI=1S/C21H20N2O7S/c1-29-17-9-8-14(12-18(17)31(27,28)22-10-4-5-11-22)21(26)30-13-23-19(24)15-6-2-3-7-16(15)20(23)25/h2-3,6-9,12H,4-5,10-11,13H2,1H3. The zero-order chi connectivity index (χ0) is 22.2. The van der Waals surface area contributed by atoms with Gasteiger partial charge in [0.05, 0.1) is 23.8 Å². The van der Waals surface area contributed by atoms with Gasteiger partial charge in [-0.15, -0.1) is 0 Å². The van der Waals surface area contributed by atoms with Gasteiger partial charge in [0.15, 0.2) is 6.73 Å². The highest BCUT2D eigenvalue weighted by Gasteiger charge is 2.36. The van der Waals surface area contributed by atoms with E-state index in [0.717, 1.165) is 17.7 Å². The van der Waals surface area contributed by atoms with Crippen molar-refractivity contribution in [2.24, 2.45) is 0 Å². The number of benzene rings is 2. The normalized spacial score (nSPS) is 16.5.